The van der Waals surface area contributed by atoms with Crippen molar-refractivity contribution in [3.63, 3.8) is 0 Å². The molecule has 0 radical (unpaired) electrons. The zero-order chi connectivity index (χ0) is 24.9. The molecule has 3 aromatic carbocycles. The van der Waals surface area contributed by atoms with Gasteiger partial charge in [-0.1, -0.05) is 84.7 Å². The zero-order valence-electron chi connectivity index (χ0n) is 19.4. The van der Waals surface area contributed by atoms with Crippen molar-refractivity contribution in [1.82, 2.24) is 14.5 Å². The van der Waals surface area contributed by atoms with Gasteiger partial charge in [0.2, 0.25) is 0 Å². The second kappa shape index (κ2) is 10.9. The van der Waals surface area contributed by atoms with Gasteiger partial charge in [-0.25, -0.2) is 4.98 Å². The molecule has 0 aliphatic heterocycles. The van der Waals surface area contributed by atoms with Crippen LogP contribution in [-0.2, 0) is 11.3 Å². The molecular formula is C27H25Cl2N3O3. The van der Waals surface area contributed by atoms with E-state index in [2.05, 4.69) is 0 Å². The molecule has 1 unspecified atom stereocenters. The molecule has 1 heterocycles. The summed E-state index contributed by atoms with van der Waals surface area (Å²) in [6.45, 7) is 2.18. The van der Waals surface area contributed by atoms with E-state index in [0.717, 1.165) is 5.56 Å². The lowest BCUT2D eigenvalue weighted by Crippen LogP contribution is -2.40. The van der Waals surface area contributed by atoms with Crippen LogP contribution in [0, 0.1) is 0 Å². The van der Waals surface area contributed by atoms with Crippen LogP contribution in [0.2, 0.25) is 0 Å². The molecule has 8 heteroatoms. The van der Waals surface area contributed by atoms with Crippen molar-refractivity contribution in [2.75, 3.05) is 7.11 Å². The Labute approximate surface area is 213 Å². The third-order valence-electron chi connectivity index (χ3n) is 5.85. The molecule has 4 rings (SSSR count). The van der Waals surface area contributed by atoms with E-state index in [9.17, 15) is 9.59 Å². The minimum absolute atomic E-state index is 0.253. The van der Waals surface area contributed by atoms with Gasteiger partial charge in [0.25, 0.3) is 11.5 Å². The molecule has 0 aliphatic carbocycles. The fourth-order valence-corrected chi connectivity index (χ4v) is 4.46. The van der Waals surface area contributed by atoms with Gasteiger partial charge >= 0.3 is 0 Å². The van der Waals surface area contributed by atoms with Crippen molar-refractivity contribution in [1.29, 1.82) is 0 Å². The lowest BCUT2D eigenvalue weighted by molar-refractivity contribution is -0.132. The largest absolute Gasteiger partial charge is 0.495 e. The van der Waals surface area contributed by atoms with Crippen LogP contribution in [0.1, 0.15) is 30.8 Å². The summed E-state index contributed by atoms with van der Waals surface area (Å²) < 4.78 is 7.09. The molecule has 0 bridgehead atoms. The molecule has 0 aliphatic rings. The van der Waals surface area contributed by atoms with Crippen molar-refractivity contribution in [2.24, 2.45) is 0 Å². The van der Waals surface area contributed by atoms with E-state index in [4.69, 9.17) is 32.9 Å². The van der Waals surface area contributed by atoms with Crippen molar-refractivity contribution in [3.05, 3.63) is 101 Å². The lowest BCUT2D eigenvalue weighted by atomic mass is 10.1. The van der Waals surface area contributed by atoms with Gasteiger partial charge < -0.3 is 9.64 Å². The number of para-hydroxylation sites is 3. The molecule has 0 spiro atoms. The predicted octanol–water partition coefficient (Wildman–Crippen LogP) is 5.68. The van der Waals surface area contributed by atoms with Crippen LogP contribution >= 0.6 is 23.2 Å². The van der Waals surface area contributed by atoms with Gasteiger partial charge in [-0.15, -0.1) is 0 Å². The number of fused-ring (bicyclic) bond motifs is 1. The third kappa shape index (κ3) is 5.04. The Kier molecular flexibility index (Phi) is 7.73. The van der Waals surface area contributed by atoms with E-state index >= 15 is 0 Å². The Morgan fingerprint density at radius 2 is 1.66 bits per heavy atom. The van der Waals surface area contributed by atoms with Gasteiger partial charge in [0, 0.05) is 6.54 Å². The van der Waals surface area contributed by atoms with E-state index in [-0.39, 0.29) is 12.1 Å². The topological polar surface area (TPSA) is 64.4 Å². The maximum absolute atomic E-state index is 13.8. The van der Waals surface area contributed by atoms with Crippen molar-refractivity contribution in [3.8, 4) is 11.4 Å². The minimum Gasteiger partial charge on any atom is -0.495 e. The molecule has 180 valence electrons. The van der Waals surface area contributed by atoms with Gasteiger partial charge in [0.05, 0.1) is 29.7 Å². The first-order valence-corrected chi connectivity index (χ1v) is 12.1. The monoisotopic (exact) mass is 509 g/mol. The summed E-state index contributed by atoms with van der Waals surface area (Å²) in [7, 11) is 1.55. The molecule has 1 aromatic heterocycles. The van der Waals surface area contributed by atoms with Crippen molar-refractivity contribution in [2.45, 2.75) is 30.8 Å². The lowest BCUT2D eigenvalue weighted by Gasteiger charge is -2.33. The molecule has 1 amide bonds. The molecule has 1 atom stereocenters. The number of aromatic nitrogens is 2. The van der Waals surface area contributed by atoms with E-state index in [0.29, 0.717) is 34.6 Å². The summed E-state index contributed by atoms with van der Waals surface area (Å²) in [5, 5.41) is 0.463. The van der Waals surface area contributed by atoms with Crippen LogP contribution in [-0.4, -0.2) is 32.3 Å². The summed E-state index contributed by atoms with van der Waals surface area (Å²) in [6, 6.07) is 23.3. The number of carbonyl (C=O) groups is 1. The summed E-state index contributed by atoms with van der Waals surface area (Å²) >= 11 is 12.1. The highest BCUT2D eigenvalue weighted by atomic mass is 35.5. The number of halogens is 2. The number of carbonyl (C=O) groups excluding carboxylic acids is 1. The maximum Gasteiger partial charge on any atom is 0.266 e. The number of benzene rings is 3. The number of ether oxygens (including phenoxy) is 1. The molecule has 0 fully saturated rings. The number of amides is 1. The average Bonchev–Trinajstić information content (AvgIpc) is 2.89. The average molecular weight is 510 g/mol. The highest BCUT2D eigenvalue weighted by Gasteiger charge is 2.32. The number of rotatable bonds is 8. The first-order valence-electron chi connectivity index (χ1n) is 11.2. The number of hydrogen-bond acceptors (Lipinski definition) is 4. The standard InChI is InChI=1S/C27H25Cl2N3O3/c1-3-21(31(27(34)24(28)29)17-18-11-5-4-6-12-18)25-30-20-14-8-7-13-19(20)26(33)32(25)22-15-9-10-16-23(22)35-2/h4-16,21,24H,3,17H2,1-2H3. The highest BCUT2D eigenvalue weighted by Crippen LogP contribution is 2.31. The van der Waals surface area contributed by atoms with Crippen LogP contribution in [0.4, 0.5) is 0 Å². The Balaban J connectivity index is 1.99. The summed E-state index contributed by atoms with van der Waals surface area (Å²) in [5.74, 6) is 0.452. The van der Waals surface area contributed by atoms with Gasteiger partial charge in [0.1, 0.15) is 11.6 Å². The SMILES string of the molecule is CCC(c1nc2ccccc2c(=O)n1-c1ccccc1OC)N(Cc1ccccc1)C(=O)C(Cl)Cl. The summed E-state index contributed by atoms with van der Waals surface area (Å²) in [4.78, 5) is 32.3. The number of nitrogens with zero attached hydrogens (tertiary/aromatic N) is 3. The van der Waals surface area contributed by atoms with Crippen LogP contribution < -0.4 is 10.3 Å². The molecule has 6 nitrogen and oxygen atoms in total. The number of methoxy groups -OCH3 is 1. The normalized spacial score (nSPS) is 12.0. The molecule has 35 heavy (non-hydrogen) atoms. The predicted molar refractivity (Wildman–Crippen MR) is 139 cm³/mol. The Bertz CT molecular complexity index is 1390. The molecular weight excluding hydrogens is 485 g/mol. The van der Waals surface area contributed by atoms with E-state index in [1.165, 1.54) is 4.57 Å². The number of alkyl halides is 2. The van der Waals surface area contributed by atoms with Crippen LogP contribution in [0.5, 0.6) is 5.75 Å². The Morgan fingerprint density at radius 1 is 1.00 bits per heavy atom. The van der Waals surface area contributed by atoms with Crippen LogP contribution in [0.3, 0.4) is 0 Å². The molecule has 0 saturated carbocycles. The quantitative estimate of drug-likeness (QED) is 0.286. The minimum atomic E-state index is -1.26. The zero-order valence-corrected chi connectivity index (χ0v) is 20.9. The molecule has 0 N–H and O–H groups in total. The van der Waals surface area contributed by atoms with Crippen molar-refractivity contribution < 1.29 is 9.53 Å². The van der Waals surface area contributed by atoms with Crippen LogP contribution in [0.15, 0.2) is 83.7 Å². The maximum atomic E-state index is 13.8. The second-order valence-corrected chi connectivity index (χ2v) is 9.07. The molecule has 0 saturated heterocycles. The van der Waals surface area contributed by atoms with Crippen LogP contribution in [0.25, 0.3) is 16.6 Å². The number of hydrogen-bond donors (Lipinski definition) is 0. The van der Waals surface area contributed by atoms with Gasteiger partial charge in [-0.05, 0) is 36.2 Å². The van der Waals surface area contributed by atoms with Gasteiger partial charge in [-0.2, -0.15) is 0 Å². The van der Waals surface area contributed by atoms with Gasteiger partial charge in [0.15, 0.2) is 4.84 Å². The smallest absolute Gasteiger partial charge is 0.266 e. The first kappa shape index (κ1) is 24.8. The van der Waals surface area contributed by atoms with Gasteiger partial charge in [-0.3, -0.25) is 14.2 Å². The second-order valence-electron chi connectivity index (χ2n) is 7.98. The third-order valence-corrected chi connectivity index (χ3v) is 6.23. The fraction of sp³-hybridized carbons (Fsp3) is 0.222. The van der Waals surface area contributed by atoms with E-state index < -0.39 is 16.8 Å². The summed E-state index contributed by atoms with van der Waals surface area (Å²) in [6.07, 6.45) is 0.471. The Morgan fingerprint density at radius 3 is 2.34 bits per heavy atom. The van der Waals surface area contributed by atoms with Crippen molar-refractivity contribution >= 4 is 40.0 Å². The Hall–Kier alpha value is -3.35. The van der Waals surface area contributed by atoms with E-state index in [1.54, 1.807) is 42.3 Å². The van der Waals surface area contributed by atoms with E-state index in [1.807, 2.05) is 55.5 Å². The molecule has 4 aromatic rings. The first-order chi connectivity index (χ1) is 17.0. The summed E-state index contributed by atoms with van der Waals surface area (Å²) in [5.41, 5.74) is 1.72. The highest BCUT2D eigenvalue weighted by molar-refractivity contribution is 6.53. The fourth-order valence-electron chi connectivity index (χ4n) is 4.21.